The maximum absolute atomic E-state index is 5.11. The lowest BCUT2D eigenvalue weighted by Crippen LogP contribution is -2.00. The minimum atomic E-state index is 0.640. The first-order chi connectivity index (χ1) is 24.3. The number of aromatic nitrogens is 4. The zero-order chi connectivity index (χ0) is 32.3. The number of para-hydroxylation sites is 2. The van der Waals surface area contributed by atoms with E-state index in [4.69, 9.17) is 15.0 Å². The second-order valence-corrected chi connectivity index (χ2v) is 12.5. The molecule has 0 unspecified atom stereocenters. The van der Waals surface area contributed by atoms with E-state index >= 15 is 0 Å². The van der Waals surface area contributed by atoms with Gasteiger partial charge in [0.25, 0.3) is 0 Å². The Hall–Kier alpha value is -6.65. The van der Waals surface area contributed by atoms with Gasteiger partial charge in [-0.25, -0.2) is 15.0 Å². The largest absolute Gasteiger partial charge is 0.309 e. The Labute approximate surface area is 282 Å². The topological polar surface area (TPSA) is 43.6 Å². The summed E-state index contributed by atoms with van der Waals surface area (Å²) >= 11 is 0. The van der Waals surface area contributed by atoms with Crippen molar-refractivity contribution >= 4 is 54.1 Å². The van der Waals surface area contributed by atoms with Crippen molar-refractivity contribution in [2.45, 2.75) is 0 Å². The molecule has 0 N–H and O–H groups in total. The van der Waals surface area contributed by atoms with Gasteiger partial charge in [-0.3, -0.25) is 0 Å². The summed E-state index contributed by atoms with van der Waals surface area (Å²) in [5.74, 6) is 1.94. The maximum Gasteiger partial charge on any atom is 0.164 e. The van der Waals surface area contributed by atoms with E-state index in [1.807, 2.05) is 30.3 Å². The number of fused-ring (bicyclic) bond motifs is 8. The number of benzene rings is 8. The van der Waals surface area contributed by atoms with Gasteiger partial charge in [0.15, 0.2) is 17.5 Å². The molecule has 0 bridgehead atoms. The zero-order valence-corrected chi connectivity index (χ0v) is 26.5. The third-order valence-corrected chi connectivity index (χ3v) is 9.62. The van der Waals surface area contributed by atoms with Crippen molar-refractivity contribution in [2.24, 2.45) is 0 Å². The van der Waals surface area contributed by atoms with Crippen LogP contribution in [0.4, 0.5) is 0 Å². The molecule has 4 nitrogen and oxygen atoms in total. The number of hydrogen-bond donors (Lipinski definition) is 0. The van der Waals surface area contributed by atoms with Gasteiger partial charge in [0.2, 0.25) is 0 Å². The molecular formula is C45H28N4. The average molecular weight is 625 g/mol. The first-order valence-corrected chi connectivity index (χ1v) is 16.5. The molecule has 0 spiro atoms. The molecule has 0 aliphatic rings. The summed E-state index contributed by atoms with van der Waals surface area (Å²) < 4.78 is 2.33. The fraction of sp³-hybridized carbons (Fsp3) is 0. The van der Waals surface area contributed by atoms with Crippen LogP contribution in [0.5, 0.6) is 0 Å². The molecule has 0 saturated heterocycles. The minimum absolute atomic E-state index is 0.640. The van der Waals surface area contributed by atoms with Crippen molar-refractivity contribution < 1.29 is 0 Å². The van der Waals surface area contributed by atoms with E-state index in [0.29, 0.717) is 17.5 Å². The van der Waals surface area contributed by atoms with Crippen LogP contribution in [-0.2, 0) is 0 Å². The molecule has 0 aliphatic carbocycles. The van der Waals surface area contributed by atoms with Gasteiger partial charge in [0.1, 0.15) is 0 Å². The van der Waals surface area contributed by atoms with Crippen molar-refractivity contribution in [1.82, 2.24) is 19.5 Å². The molecule has 4 heteroatoms. The molecule has 10 aromatic rings. The lowest BCUT2D eigenvalue weighted by Gasteiger charge is -2.12. The SMILES string of the molecule is c1ccc(-c2nc(-c3ccc(-n4c5ccccc5c5ccccc54)cc3)nc(-c3ccc4ccc5ccc6ccccc6c5c4c3)n2)cc1. The highest BCUT2D eigenvalue weighted by Crippen LogP contribution is 2.36. The quantitative estimate of drug-likeness (QED) is 0.183. The van der Waals surface area contributed by atoms with Crippen LogP contribution < -0.4 is 0 Å². The van der Waals surface area contributed by atoms with E-state index in [1.54, 1.807) is 0 Å². The Bertz CT molecular complexity index is 2810. The molecule has 0 amide bonds. The lowest BCUT2D eigenvalue weighted by molar-refractivity contribution is 1.07. The molecular weight excluding hydrogens is 597 g/mol. The van der Waals surface area contributed by atoms with Gasteiger partial charge in [-0.15, -0.1) is 0 Å². The average Bonchev–Trinajstić information content (AvgIpc) is 3.52. The predicted molar refractivity (Wildman–Crippen MR) is 203 cm³/mol. The van der Waals surface area contributed by atoms with E-state index < -0.39 is 0 Å². The van der Waals surface area contributed by atoms with Crippen molar-refractivity contribution in [3.05, 3.63) is 170 Å². The molecule has 10 rings (SSSR count). The molecule has 0 fully saturated rings. The van der Waals surface area contributed by atoms with Crippen LogP contribution in [0.2, 0.25) is 0 Å². The molecule has 2 heterocycles. The second-order valence-electron chi connectivity index (χ2n) is 12.5. The van der Waals surface area contributed by atoms with E-state index in [9.17, 15) is 0 Å². The smallest absolute Gasteiger partial charge is 0.164 e. The van der Waals surface area contributed by atoms with Crippen LogP contribution in [0.1, 0.15) is 0 Å². The maximum atomic E-state index is 5.11. The summed E-state index contributed by atoms with van der Waals surface area (Å²) in [6.07, 6.45) is 0. The number of rotatable bonds is 4. The molecule has 2 aromatic heterocycles. The van der Waals surface area contributed by atoms with Gasteiger partial charge in [-0.1, -0.05) is 127 Å². The van der Waals surface area contributed by atoms with Crippen molar-refractivity contribution in [3.63, 3.8) is 0 Å². The van der Waals surface area contributed by atoms with Gasteiger partial charge in [-0.05, 0) is 74.8 Å². The van der Waals surface area contributed by atoms with Crippen LogP contribution in [0.25, 0.3) is 94.0 Å². The molecule has 0 atom stereocenters. The summed E-state index contributed by atoms with van der Waals surface area (Å²) in [5.41, 5.74) is 6.29. The summed E-state index contributed by atoms with van der Waals surface area (Å²) in [6, 6.07) is 59.8. The Morgan fingerprint density at radius 2 is 0.796 bits per heavy atom. The Morgan fingerprint density at radius 1 is 0.327 bits per heavy atom. The minimum Gasteiger partial charge on any atom is -0.309 e. The summed E-state index contributed by atoms with van der Waals surface area (Å²) in [7, 11) is 0. The van der Waals surface area contributed by atoms with Crippen LogP contribution in [0.3, 0.4) is 0 Å². The van der Waals surface area contributed by atoms with Crippen LogP contribution in [0.15, 0.2) is 170 Å². The summed E-state index contributed by atoms with van der Waals surface area (Å²) in [4.78, 5) is 15.2. The van der Waals surface area contributed by atoms with Crippen molar-refractivity contribution in [2.75, 3.05) is 0 Å². The highest BCUT2D eigenvalue weighted by Gasteiger charge is 2.16. The summed E-state index contributed by atoms with van der Waals surface area (Å²) in [6.45, 7) is 0. The van der Waals surface area contributed by atoms with Crippen LogP contribution in [-0.4, -0.2) is 19.5 Å². The highest BCUT2D eigenvalue weighted by molar-refractivity contribution is 6.20. The summed E-state index contributed by atoms with van der Waals surface area (Å²) in [5, 5.41) is 9.79. The number of nitrogens with zero attached hydrogens (tertiary/aromatic N) is 4. The second kappa shape index (κ2) is 11.0. The Balaban J connectivity index is 1.14. The molecule has 0 saturated carbocycles. The first-order valence-electron chi connectivity index (χ1n) is 16.5. The Kier molecular flexibility index (Phi) is 6.15. The van der Waals surface area contributed by atoms with Crippen molar-refractivity contribution in [3.8, 4) is 39.9 Å². The molecule has 49 heavy (non-hydrogen) atoms. The van der Waals surface area contributed by atoms with Gasteiger partial charge < -0.3 is 4.57 Å². The predicted octanol–water partition coefficient (Wildman–Crippen LogP) is 11.4. The zero-order valence-electron chi connectivity index (χ0n) is 26.5. The molecule has 228 valence electrons. The molecule has 0 aliphatic heterocycles. The van der Waals surface area contributed by atoms with Crippen LogP contribution >= 0.6 is 0 Å². The molecule has 0 radical (unpaired) electrons. The van der Waals surface area contributed by atoms with E-state index in [2.05, 4.69) is 144 Å². The third-order valence-electron chi connectivity index (χ3n) is 9.62. The van der Waals surface area contributed by atoms with E-state index in [0.717, 1.165) is 22.4 Å². The number of hydrogen-bond acceptors (Lipinski definition) is 3. The first kappa shape index (κ1) is 27.5. The van der Waals surface area contributed by atoms with Gasteiger partial charge in [0.05, 0.1) is 11.0 Å². The lowest BCUT2D eigenvalue weighted by atomic mass is 9.95. The normalized spacial score (nSPS) is 11.7. The Morgan fingerprint density at radius 3 is 1.47 bits per heavy atom. The van der Waals surface area contributed by atoms with Gasteiger partial charge in [0, 0.05) is 33.2 Å². The monoisotopic (exact) mass is 624 g/mol. The van der Waals surface area contributed by atoms with Gasteiger partial charge in [-0.2, -0.15) is 0 Å². The van der Waals surface area contributed by atoms with E-state index in [-0.39, 0.29) is 0 Å². The van der Waals surface area contributed by atoms with Crippen molar-refractivity contribution in [1.29, 1.82) is 0 Å². The molecule has 8 aromatic carbocycles. The highest BCUT2D eigenvalue weighted by atomic mass is 15.0. The fourth-order valence-electron chi connectivity index (χ4n) is 7.28. The third kappa shape index (κ3) is 4.49. The van der Waals surface area contributed by atoms with Gasteiger partial charge >= 0.3 is 0 Å². The van der Waals surface area contributed by atoms with Crippen LogP contribution in [0, 0.1) is 0 Å². The fourth-order valence-corrected chi connectivity index (χ4v) is 7.28. The standard InChI is InChI=1S/C45H28N4/c1-2-11-32(12-3-1)43-46-44(33-24-26-35(27-25-33)49-40-16-8-6-14-37(40)38-15-7-9-17-41(38)49)48-45(47-43)34-23-20-30-19-22-31-21-18-29-10-4-5-13-36(29)42(31)39(30)28-34/h1-28H. The van der Waals surface area contributed by atoms with E-state index in [1.165, 1.54) is 54.1 Å².